The van der Waals surface area contributed by atoms with Gasteiger partial charge in [0, 0.05) is 28.3 Å². The van der Waals surface area contributed by atoms with Gasteiger partial charge in [-0.2, -0.15) is 0 Å². The number of aromatic hydroxyl groups is 1. The zero-order chi connectivity index (χ0) is 16.7. The van der Waals surface area contributed by atoms with Crippen LogP contribution in [0.4, 0.5) is 0 Å². The third-order valence-corrected chi connectivity index (χ3v) is 5.03. The summed E-state index contributed by atoms with van der Waals surface area (Å²) in [5, 5.41) is 12.9. The summed E-state index contributed by atoms with van der Waals surface area (Å²) >= 11 is 1.71. The van der Waals surface area contributed by atoms with E-state index in [2.05, 4.69) is 28.6 Å². The van der Waals surface area contributed by atoms with Gasteiger partial charge in [-0.15, -0.1) is 11.3 Å². The monoisotopic (exact) mass is 334 g/mol. The van der Waals surface area contributed by atoms with Crippen molar-refractivity contribution in [3.05, 3.63) is 70.5 Å². The Bertz CT molecular complexity index is 1110. The zero-order valence-electron chi connectivity index (χ0n) is 12.9. The maximum absolute atomic E-state index is 11.9. The second-order valence-corrected chi connectivity index (χ2v) is 6.47. The topological polar surface area (TPSA) is 55.1 Å². The first kappa shape index (κ1) is 14.7. The van der Waals surface area contributed by atoms with E-state index < -0.39 is 5.56 Å². The first-order chi connectivity index (χ1) is 11.6. The van der Waals surface area contributed by atoms with Crippen molar-refractivity contribution in [3.63, 3.8) is 0 Å². The fourth-order valence-electron chi connectivity index (χ4n) is 2.83. The summed E-state index contributed by atoms with van der Waals surface area (Å²) in [7, 11) is 1.61. The van der Waals surface area contributed by atoms with Crippen molar-refractivity contribution in [2.45, 2.75) is 0 Å². The van der Waals surface area contributed by atoms with Crippen molar-refractivity contribution in [1.82, 2.24) is 9.55 Å². The van der Waals surface area contributed by atoms with Gasteiger partial charge < -0.3 is 5.11 Å². The number of hydrogen-bond donors (Lipinski definition) is 1. The van der Waals surface area contributed by atoms with E-state index in [1.165, 1.54) is 26.4 Å². The number of rotatable bonds is 2. The Balaban J connectivity index is 1.89. The quantitative estimate of drug-likeness (QED) is 0.602. The van der Waals surface area contributed by atoms with Crippen LogP contribution in [0.2, 0.25) is 0 Å². The van der Waals surface area contributed by atoms with Gasteiger partial charge in [0.05, 0.1) is 6.20 Å². The molecule has 5 heteroatoms. The van der Waals surface area contributed by atoms with Crippen LogP contribution in [0.15, 0.2) is 64.9 Å². The third-order valence-electron chi connectivity index (χ3n) is 4.06. The highest BCUT2D eigenvalue weighted by atomic mass is 32.1. The molecule has 4 nitrogen and oxygen atoms in total. The van der Waals surface area contributed by atoms with E-state index in [0.29, 0.717) is 5.82 Å². The van der Waals surface area contributed by atoms with Crippen LogP contribution in [0.5, 0.6) is 5.75 Å². The van der Waals surface area contributed by atoms with E-state index in [4.69, 9.17) is 0 Å². The highest BCUT2D eigenvalue weighted by molar-refractivity contribution is 7.17. The fraction of sp³-hybridized carbons (Fsp3) is 0.0526. The zero-order valence-corrected chi connectivity index (χ0v) is 13.7. The van der Waals surface area contributed by atoms with E-state index in [9.17, 15) is 9.90 Å². The number of benzene rings is 2. The summed E-state index contributed by atoms with van der Waals surface area (Å²) in [4.78, 5) is 16.1. The van der Waals surface area contributed by atoms with Gasteiger partial charge >= 0.3 is 0 Å². The van der Waals surface area contributed by atoms with Crippen LogP contribution in [0, 0.1) is 0 Å². The minimum atomic E-state index is -0.452. The SMILES string of the molecule is Cn1c(-c2cccc(-c3csc4ccccc34)c2)ncc(O)c1=O. The van der Waals surface area contributed by atoms with Crippen molar-refractivity contribution < 1.29 is 5.11 Å². The minimum absolute atomic E-state index is 0.346. The molecule has 2 aromatic carbocycles. The lowest BCUT2D eigenvalue weighted by molar-refractivity contribution is 0.457. The maximum atomic E-state index is 11.9. The van der Waals surface area contributed by atoms with Crippen LogP contribution >= 0.6 is 11.3 Å². The summed E-state index contributed by atoms with van der Waals surface area (Å²) < 4.78 is 2.60. The molecular weight excluding hydrogens is 320 g/mol. The van der Waals surface area contributed by atoms with Crippen molar-refractivity contribution in [1.29, 1.82) is 0 Å². The molecule has 24 heavy (non-hydrogen) atoms. The molecule has 118 valence electrons. The Hall–Kier alpha value is -2.92. The molecule has 2 heterocycles. The van der Waals surface area contributed by atoms with Crippen LogP contribution in [0.25, 0.3) is 32.6 Å². The Morgan fingerprint density at radius 3 is 2.75 bits per heavy atom. The summed E-state index contributed by atoms with van der Waals surface area (Å²) in [6.45, 7) is 0. The number of thiophene rings is 1. The highest BCUT2D eigenvalue weighted by Crippen LogP contribution is 2.35. The normalized spacial score (nSPS) is 11.0. The maximum Gasteiger partial charge on any atom is 0.295 e. The summed E-state index contributed by atoms with van der Waals surface area (Å²) in [6.07, 6.45) is 1.20. The molecule has 0 spiro atoms. The van der Waals surface area contributed by atoms with Crippen molar-refractivity contribution in [3.8, 4) is 28.3 Å². The second kappa shape index (κ2) is 5.62. The molecule has 0 saturated heterocycles. The lowest BCUT2D eigenvalue weighted by Gasteiger charge is -2.09. The van der Waals surface area contributed by atoms with Crippen molar-refractivity contribution >= 4 is 21.4 Å². The predicted molar refractivity (Wildman–Crippen MR) is 97.4 cm³/mol. The lowest BCUT2D eigenvalue weighted by Crippen LogP contribution is -2.18. The fourth-order valence-corrected chi connectivity index (χ4v) is 3.80. The molecule has 0 aliphatic rings. The molecule has 2 aromatic heterocycles. The Morgan fingerprint density at radius 2 is 1.88 bits per heavy atom. The highest BCUT2D eigenvalue weighted by Gasteiger charge is 2.11. The van der Waals surface area contributed by atoms with Gasteiger partial charge in [-0.05, 0) is 23.1 Å². The van der Waals surface area contributed by atoms with Gasteiger partial charge in [0.25, 0.3) is 5.56 Å². The molecule has 1 N–H and O–H groups in total. The Kier molecular flexibility index (Phi) is 3.43. The van der Waals surface area contributed by atoms with Crippen molar-refractivity contribution in [2.24, 2.45) is 7.05 Å². The van der Waals surface area contributed by atoms with Crippen LogP contribution in [0.1, 0.15) is 0 Å². The van der Waals surface area contributed by atoms with Gasteiger partial charge in [-0.25, -0.2) is 4.98 Å². The molecule has 0 fully saturated rings. The van der Waals surface area contributed by atoms with Gasteiger partial charge in [0.15, 0.2) is 5.75 Å². The Labute approximate surface area is 142 Å². The standard InChI is InChI=1S/C19H14N2O2S/c1-21-18(20-10-16(22)19(21)23)13-6-4-5-12(9-13)15-11-24-17-8-3-2-7-14(15)17/h2-11,22H,1H3. The first-order valence-electron chi connectivity index (χ1n) is 7.47. The second-order valence-electron chi connectivity index (χ2n) is 5.56. The molecule has 0 saturated carbocycles. The summed E-state index contributed by atoms with van der Waals surface area (Å²) in [5.74, 6) is 0.181. The van der Waals surface area contributed by atoms with Gasteiger partial charge in [0.2, 0.25) is 0 Å². The molecule has 0 radical (unpaired) electrons. The van der Waals surface area contributed by atoms with Gasteiger partial charge in [-0.3, -0.25) is 9.36 Å². The molecule has 4 rings (SSSR count). The Morgan fingerprint density at radius 1 is 1.08 bits per heavy atom. The molecule has 0 aliphatic heterocycles. The van der Waals surface area contributed by atoms with Gasteiger partial charge in [-0.1, -0.05) is 36.4 Å². The minimum Gasteiger partial charge on any atom is -0.502 e. The van der Waals surface area contributed by atoms with Gasteiger partial charge in [0.1, 0.15) is 5.82 Å². The van der Waals surface area contributed by atoms with Crippen molar-refractivity contribution in [2.75, 3.05) is 0 Å². The molecule has 0 aliphatic carbocycles. The molecule has 0 bridgehead atoms. The van der Waals surface area contributed by atoms with E-state index >= 15 is 0 Å². The molecule has 0 atom stereocenters. The lowest BCUT2D eigenvalue weighted by atomic mass is 10.0. The number of aromatic nitrogens is 2. The molecule has 0 amide bonds. The number of fused-ring (bicyclic) bond motifs is 1. The van der Waals surface area contributed by atoms with E-state index in [1.54, 1.807) is 18.4 Å². The van der Waals surface area contributed by atoms with Crippen LogP contribution in [-0.2, 0) is 7.05 Å². The number of nitrogens with zero attached hydrogens (tertiary/aromatic N) is 2. The smallest absolute Gasteiger partial charge is 0.295 e. The molecular formula is C19H14N2O2S. The van der Waals surface area contributed by atoms with Crippen LogP contribution < -0.4 is 5.56 Å². The van der Waals surface area contributed by atoms with Crippen LogP contribution in [0.3, 0.4) is 0 Å². The number of hydrogen-bond acceptors (Lipinski definition) is 4. The first-order valence-corrected chi connectivity index (χ1v) is 8.35. The molecule has 4 aromatic rings. The molecule has 0 unspecified atom stereocenters. The summed E-state index contributed by atoms with van der Waals surface area (Å²) in [6, 6.07) is 16.2. The van der Waals surface area contributed by atoms with E-state index in [-0.39, 0.29) is 5.75 Å². The van der Waals surface area contributed by atoms with Crippen LogP contribution in [-0.4, -0.2) is 14.7 Å². The summed E-state index contributed by atoms with van der Waals surface area (Å²) in [5.41, 5.74) is 2.63. The van der Waals surface area contributed by atoms with E-state index in [1.807, 2.05) is 30.3 Å². The largest absolute Gasteiger partial charge is 0.502 e. The van der Waals surface area contributed by atoms with E-state index in [0.717, 1.165) is 11.1 Å². The average Bonchev–Trinajstić information content (AvgIpc) is 3.04. The third kappa shape index (κ3) is 2.30. The average molecular weight is 334 g/mol. The predicted octanol–water partition coefficient (Wildman–Crippen LogP) is 4.03.